The Balaban J connectivity index is 1.51. The number of thiazole rings is 1. The molecule has 3 rings (SSSR count). The van der Waals surface area contributed by atoms with E-state index in [2.05, 4.69) is 23.3 Å². The topological polar surface area (TPSA) is 60.5 Å². The minimum absolute atomic E-state index is 0.0487. The van der Waals surface area contributed by atoms with Crippen LogP contribution < -0.4 is 14.8 Å². The lowest BCUT2D eigenvalue weighted by molar-refractivity contribution is -0.123. The van der Waals surface area contributed by atoms with E-state index >= 15 is 0 Å². The number of para-hydroxylation sites is 3. The van der Waals surface area contributed by atoms with Gasteiger partial charge in [-0.25, -0.2) is 4.98 Å². The number of rotatable bonds is 7. The Kier molecular flexibility index (Phi) is 5.50. The second-order valence-corrected chi connectivity index (χ2v) is 6.73. The predicted octanol–water partition coefficient (Wildman–Crippen LogP) is 3.60. The molecule has 0 radical (unpaired) electrons. The third-order valence-corrected chi connectivity index (χ3v) is 5.03. The predicted molar refractivity (Wildman–Crippen MR) is 99.5 cm³/mol. The number of benzene rings is 2. The fourth-order valence-electron chi connectivity index (χ4n) is 2.39. The van der Waals surface area contributed by atoms with E-state index in [1.165, 1.54) is 0 Å². The fraction of sp³-hybridized carbons (Fsp3) is 0.263. The van der Waals surface area contributed by atoms with E-state index in [0.29, 0.717) is 18.0 Å². The molecule has 1 atom stereocenters. The molecule has 1 aromatic heterocycles. The first-order valence-electron chi connectivity index (χ1n) is 8.05. The number of carbonyl (C=O) groups excluding carboxylic acids is 1. The molecule has 1 amide bonds. The van der Waals surface area contributed by atoms with Crippen LogP contribution in [0.25, 0.3) is 10.2 Å². The molecule has 5 nitrogen and oxygen atoms in total. The molecule has 1 unspecified atom stereocenters. The summed E-state index contributed by atoms with van der Waals surface area (Å²) in [5, 5.41) is 3.92. The zero-order valence-corrected chi connectivity index (χ0v) is 15.0. The highest BCUT2D eigenvalue weighted by Gasteiger charge is 2.13. The molecule has 3 aromatic rings. The number of ether oxygens (including phenoxy) is 2. The van der Waals surface area contributed by atoms with Gasteiger partial charge >= 0.3 is 0 Å². The van der Waals surface area contributed by atoms with Gasteiger partial charge in [-0.15, -0.1) is 11.3 Å². The van der Waals surface area contributed by atoms with Gasteiger partial charge in [0, 0.05) is 12.5 Å². The van der Waals surface area contributed by atoms with E-state index in [0.717, 1.165) is 15.2 Å². The van der Waals surface area contributed by atoms with Crippen LogP contribution in [-0.2, 0) is 4.79 Å². The van der Waals surface area contributed by atoms with Crippen LogP contribution in [0.2, 0.25) is 0 Å². The van der Waals surface area contributed by atoms with E-state index in [4.69, 9.17) is 9.47 Å². The van der Waals surface area contributed by atoms with Crippen LogP contribution >= 0.6 is 11.3 Å². The number of methoxy groups -OCH3 is 1. The zero-order valence-electron chi connectivity index (χ0n) is 14.2. The van der Waals surface area contributed by atoms with Crippen molar-refractivity contribution in [3.63, 3.8) is 0 Å². The van der Waals surface area contributed by atoms with Crippen LogP contribution in [0.3, 0.4) is 0 Å². The molecule has 0 bridgehead atoms. The van der Waals surface area contributed by atoms with Crippen LogP contribution in [0, 0.1) is 0 Å². The van der Waals surface area contributed by atoms with Gasteiger partial charge in [-0.3, -0.25) is 4.79 Å². The van der Waals surface area contributed by atoms with Gasteiger partial charge < -0.3 is 14.8 Å². The summed E-state index contributed by atoms with van der Waals surface area (Å²) in [5.41, 5.74) is 1.00. The largest absolute Gasteiger partial charge is 0.493 e. The van der Waals surface area contributed by atoms with Gasteiger partial charge in [0.25, 0.3) is 5.91 Å². The molecule has 6 heteroatoms. The van der Waals surface area contributed by atoms with Crippen molar-refractivity contribution in [2.75, 3.05) is 20.3 Å². The van der Waals surface area contributed by atoms with Crippen molar-refractivity contribution in [1.82, 2.24) is 10.3 Å². The van der Waals surface area contributed by atoms with Gasteiger partial charge in [0.2, 0.25) is 0 Å². The Morgan fingerprint density at radius 3 is 2.64 bits per heavy atom. The highest BCUT2D eigenvalue weighted by Crippen LogP contribution is 2.27. The van der Waals surface area contributed by atoms with Crippen molar-refractivity contribution in [2.24, 2.45) is 0 Å². The van der Waals surface area contributed by atoms with Crippen molar-refractivity contribution in [2.45, 2.75) is 12.8 Å². The van der Waals surface area contributed by atoms with Gasteiger partial charge in [-0.05, 0) is 24.3 Å². The summed E-state index contributed by atoms with van der Waals surface area (Å²) < 4.78 is 11.9. The summed E-state index contributed by atoms with van der Waals surface area (Å²) in [4.78, 5) is 16.7. The first-order chi connectivity index (χ1) is 12.2. The van der Waals surface area contributed by atoms with Crippen LogP contribution in [0.15, 0.2) is 48.5 Å². The quantitative estimate of drug-likeness (QED) is 0.703. The summed E-state index contributed by atoms with van der Waals surface area (Å²) in [6.07, 6.45) is 0. The molecule has 0 saturated heterocycles. The molecule has 0 fully saturated rings. The molecule has 2 aromatic carbocycles. The van der Waals surface area contributed by atoms with Crippen LogP contribution in [0.1, 0.15) is 17.8 Å². The molecule has 25 heavy (non-hydrogen) atoms. The van der Waals surface area contributed by atoms with Crippen molar-refractivity contribution >= 4 is 27.5 Å². The summed E-state index contributed by atoms with van der Waals surface area (Å²) in [6, 6.07) is 15.3. The maximum atomic E-state index is 12.0. The zero-order chi connectivity index (χ0) is 17.6. The normalized spacial score (nSPS) is 11.9. The number of aromatic nitrogens is 1. The van der Waals surface area contributed by atoms with E-state index in [1.807, 2.05) is 30.3 Å². The van der Waals surface area contributed by atoms with Crippen molar-refractivity contribution in [3.05, 3.63) is 53.5 Å². The lowest BCUT2D eigenvalue weighted by atomic mass is 10.2. The van der Waals surface area contributed by atoms with Crippen LogP contribution in [0.4, 0.5) is 0 Å². The van der Waals surface area contributed by atoms with Crippen molar-refractivity contribution in [3.8, 4) is 11.5 Å². The highest BCUT2D eigenvalue weighted by atomic mass is 32.1. The summed E-state index contributed by atoms with van der Waals surface area (Å²) in [6.45, 7) is 2.53. The molecule has 1 heterocycles. The minimum atomic E-state index is -0.168. The van der Waals surface area contributed by atoms with Gasteiger partial charge in [0.1, 0.15) is 0 Å². The van der Waals surface area contributed by atoms with Crippen molar-refractivity contribution in [1.29, 1.82) is 0 Å². The van der Waals surface area contributed by atoms with E-state index in [9.17, 15) is 4.79 Å². The van der Waals surface area contributed by atoms with E-state index in [1.54, 1.807) is 30.6 Å². The van der Waals surface area contributed by atoms with Gasteiger partial charge in [-0.1, -0.05) is 31.2 Å². The first kappa shape index (κ1) is 17.2. The third kappa shape index (κ3) is 4.28. The average Bonchev–Trinajstić information content (AvgIpc) is 3.09. The average molecular weight is 356 g/mol. The fourth-order valence-corrected chi connectivity index (χ4v) is 3.41. The number of carbonyl (C=O) groups is 1. The van der Waals surface area contributed by atoms with Gasteiger partial charge in [0.15, 0.2) is 18.1 Å². The number of amides is 1. The number of nitrogens with one attached hydrogen (secondary N) is 1. The molecule has 1 N–H and O–H groups in total. The summed E-state index contributed by atoms with van der Waals surface area (Å²) in [7, 11) is 1.57. The van der Waals surface area contributed by atoms with Crippen molar-refractivity contribution < 1.29 is 14.3 Å². The number of nitrogens with zero attached hydrogens (tertiary/aromatic N) is 1. The third-order valence-electron chi connectivity index (χ3n) is 3.77. The second kappa shape index (κ2) is 7.98. The van der Waals surface area contributed by atoms with Gasteiger partial charge in [-0.2, -0.15) is 0 Å². The molecule has 0 aliphatic heterocycles. The maximum Gasteiger partial charge on any atom is 0.257 e. The first-order valence-corrected chi connectivity index (χ1v) is 8.87. The number of hydrogen-bond donors (Lipinski definition) is 1. The Bertz CT molecular complexity index is 830. The van der Waals surface area contributed by atoms with Crippen LogP contribution in [0.5, 0.6) is 11.5 Å². The highest BCUT2D eigenvalue weighted by molar-refractivity contribution is 7.18. The Morgan fingerprint density at radius 1 is 1.16 bits per heavy atom. The molecular weight excluding hydrogens is 336 g/mol. The second-order valence-electron chi connectivity index (χ2n) is 5.66. The smallest absolute Gasteiger partial charge is 0.257 e. The molecule has 0 saturated carbocycles. The lowest BCUT2D eigenvalue weighted by Gasteiger charge is -2.12. The van der Waals surface area contributed by atoms with E-state index in [-0.39, 0.29) is 18.4 Å². The Morgan fingerprint density at radius 2 is 1.88 bits per heavy atom. The summed E-state index contributed by atoms with van der Waals surface area (Å²) in [5.74, 6) is 1.14. The Labute approximate surface area is 150 Å². The number of fused-ring (bicyclic) bond motifs is 1. The maximum absolute atomic E-state index is 12.0. The number of hydrogen-bond acceptors (Lipinski definition) is 5. The Hall–Kier alpha value is -2.60. The molecule has 0 aliphatic carbocycles. The lowest BCUT2D eigenvalue weighted by Crippen LogP contribution is -2.31. The molecule has 0 spiro atoms. The SMILES string of the molecule is COc1ccccc1OCC(=O)NCC(C)c1nc2ccccc2s1. The molecular formula is C19H20N2O3S. The summed E-state index contributed by atoms with van der Waals surface area (Å²) >= 11 is 1.66. The van der Waals surface area contributed by atoms with Gasteiger partial charge in [0.05, 0.1) is 22.3 Å². The molecule has 0 aliphatic rings. The van der Waals surface area contributed by atoms with E-state index < -0.39 is 0 Å². The monoisotopic (exact) mass is 356 g/mol. The standard InChI is InChI=1S/C19H20N2O3S/c1-13(19-21-14-7-3-6-10-17(14)25-19)11-20-18(22)12-24-16-9-5-4-8-15(16)23-2/h3-10,13H,11-12H2,1-2H3,(H,20,22). The minimum Gasteiger partial charge on any atom is -0.493 e. The molecule has 130 valence electrons. The van der Waals surface area contributed by atoms with Crippen LogP contribution in [-0.4, -0.2) is 31.2 Å².